The zero-order valence-corrected chi connectivity index (χ0v) is 31.1. The summed E-state index contributed by atoms with van der Waals surface area (Å²) in [6.45, 7) is 9.37. The number of aromatic nitrogens is 3. The molecule has 0 unspecified atom stereocenters. The number of hydrogen-bond acceptors (Lipinski definition) is 8. The van der Waals surface area contributed by atoms with Crippen LogP contribution in [0.5, 0.6) is 0 Å². The molecule has 1 saturated heterocycles. The molecule has 4 amide bonds. The molecule has 282 valence electrons. The van der Waals surface area contributed by atoms with Crippen LogP contribution in [-0.2, 0) is 32.0 Å². The first-order valence-corrected chi connectivity index (χ1v) is 18.6. The molecular weight excluding hydrogens is 658 g/mol. The van der Waals surface area contributed by atoms with E-state index in [9.17, 15) is 19.2 Å². The lowest BCUT2D eigenvalue weighted by Crippen LogP contribution is -2.59. The Kier molecular flexibility index (Phi) is 15.3. The van der Waals surface area contributed by atoms with Gasteiger partial charge in [-0.15, -0.1) is 10.2 Å². The third-order valence-corrected chi connectivity index (χ3v) is 9.63. The van der Waals surface area contributed by atoms with Crippen LogP contribution in [0.4, 0.5) is 0 Å². The molecule has 0 aliphatic carbocycles. The molecule has 3 aromatic rings. The van der Waals surface area contributed by atoms with Crippen molar-refractivity contribution in [2.45, 2.75) is 109 Å². The maximum absolute atomic E-state index is 14.0. The molecule has 1 aromatic heterocycles. The number of nitrogens with two attached hydrogens (primary N) is 2. The zero-order valence-electron chi connectivity index (χ0n) is 31.1. The molecular formula is C39H57N9O4. The molecule has 0 radical (unpaired) electrons. The molecule has 2 aromatic carbocycles. The fourth-order valence-corrected chi connectivity index (χ4v) is 6.86. The molecule has 1 aliphatic rings. The lowest BCUT2D eigenvalue weighted by Gasteiger charge is -2.36. The number of amides is 4. The Bertz CT molecular complexity index is 1570. The molecule has 4 rings (SSSR count). The minimum absolute atomic E-state index is 0.0486. The largest absolute Gasteiger partial charge is 0.343 e. The molecule has 1 fully saturated rings. The minimum atomic E-state index is -0.986. The van der Waals surface area contributed by atoms with Gasteiger partial charge in [-0.2, -0.15) is 0 Å². The second kappa shape index (κ2) is 19.8. The monoisotopic (exact) mass is 715 g/mol. The van der Waals surface area contributed by atoms with Gasteiger partial charge in [-0.1, -0.05) is 74.5 Å². The van der Waals surface area contributed by atoms with E-state index in [4.69, 9.17) is 11.5 Å². The smallest absolute Gasteiger partial charge is 0.245 e. The van der Waals surface area contributed by atoms with E-state index in [-0.39, 0.29) is 24.3 Å². The summed E-state index contributed by atoms with van der Waals surface area (Å²) < 4.78 is 2.13. The van der Waals surface area contributed by atoms with Crippen molar-refractivity contribution in [1.29, 1.82) is 0 Å². The topological polar surface area (TPSA) is 190 Å². The summed E-state index contributed by atoms with van der Waals surface area (Å²) in [7, 11) is 0. The Morgan fingerprint density at radius 3 is 1.83 bits per heavy atom. The number of carbonyl (C=O) groups is 4. The quantitative estimate of drug-likeness (QED) is 0.124. The van der Waals surface area contributed by atoms with Crippen molar-refractivity contribution in [3.8, 4) is 0 Å². The number of nitrogens with zero attached hydrogens (tertiary/aromatic N) is 4. The summed E-state index contributed by atoms with van der Waals surface area (Å²) in [5, 5.41) is 17.2. The van der Waals surface area contributed by atoms with Gasteiger partial charge >= 0.3 is 0 Å². The highest BCUT2D eigenvalue weighted by molar-refractivity contribution is 5.95. The van der Waals surface area contributed by atoms with E-state index in [1.165, 1.54) is 0 Å². The van der Waals surface area contributed by atoms with Crippen molar-refractivity contribution in [3.63, 3.8) is 0 Å². The Morgan fingerprint density at radius 2 is 1.27 bits per heavy atom. The average molecular weight is 716 g/mol. The predicted molar refractivity (Wildman–Crippen MR) is 201 cm³/mol. The van der Waals surface area contributed by atoms with Gasteiger partial charge in [0.1, 0.15) is 29.8 Å². The van der Waals surface area contributed by atoms with Gasteiger partial charge in [0.05, 0.1) is 6.04 Å². The summed E-state index contributed by atoms with van der Waals surface area (Å²) in [4.78, 5) is 57.0. The van der Waals surface area contributed by atoms with E-state index in [0.717, 1.165) is 35.6 Å². The lowest BCUT2D eigenvalue weighted by atomic mass is 9.99. The highest BCUT2D eigenvalue weighted by Gasteiger charge is 2.34. The van der Waals surface area contributed by atoms with Crippen LogP contribution in [0.25, 0.3) is 0 Å². The predicted octanol–water partition coefficient (Wildman–Crippen LogP) is 2.50. The number of unbranched alkanes of at least 4 members (excludes halogenated alkanes) is 1. The number of likely N-dealkylation sites (tertiary alicyclic amines) is 1. The van der Waals surface area contributed by atoms with E-state index >= 15 is 0 Å². The zero-order chi connectivity index (χ0) is 37.6. The first-order chi connectivity index (χ1) is 25.0. The van der Waals surface area contributed by atoms with Gasteiger partial charge in [-0.25, -0.2) is 0 Å². The molecule has 4 atom stereocenters. The standard InChI is InChI=1S/C39H57N9O4/c1-26(2)23-34(44-38(51)35(25-30-15-9-6-10-16-30)43-36(49)32(41)24-29-13-7-5-8-14-29)37(50)42-33(17-11-12-20-40)39(52)47-21-18-31(19-22-47)48-27(3)45-46-28(48)4/h5-10,13-16,26,31-35H,11-12,17-25,40-41H2,1-4H3,(H,42,50)(H,43,49)(H,44,51)/t32-,33-,34-,35-/m1/s1. The third kappa shape index (κ3) is 11.7. The summed E-state index contributed by atoms with van der Waals surface area (Å²) in [5.41, 5.74) is 13.8. The number of nitrogens with one attached hydrogen (secondary N) is 3. The molecule has 13 nitrogen and oxygen atoms in total. The Morgan fingerprint density at radius 1 is 0.750 bits per heavy atom. The summed E-state index contributed by atoms with van der Waals surface area (Å²) in [5.74, 6) is 0.210. The maximum Gasteiger partial charge on any atom is 0.245 e. The van der Waals surface area contributed by atoms with Crippen molar-refractivity contribution in [2.75, 3.05) is 19.6 Å². The molecule has 1 aliphatic heterocycles. The van der Waals surface area contributed by atoms with Crippen molar-refractivity contribution in [3.05, 3.63) is 83.4 Å². The summed E-state index contributed by atoms with van der Waals surface area (Å²) in [6.07, 6.45) is 4.17. The number of benzene rings is 2. The van der Waals surface area contributed by atoms with Crippen LogP contribution in [0.2, 0.25) is 0 Å². The van der Waals surface area contributed by atoms with Gasteiger partial charge in [0, 0.05) is 25.6 Å². The normalized spacial score (nSPS) is 15.8. The average Bonchev–Trinajstić information content (AvgIpc) is 3.47. The highest BCUT2D eigenvalue weighted by atomic mass is 16.2. The van der Waals surface area contributed by atoms with Gasteiger partial charge in [0.15, 0.2) is 0 Å². The van der Waals surface area contributed by atoms with Gasteiger partial charge < -0.3 is 36.9 Å². The van der Waals surface area contributed by atoms with Crippen molar-refractivity contribution < 1.29 is 19.2 Å². The van der Waals surface area contributed by atoms with Crippen LogP contribution in [0.3, 0.4) is 0 Å². The molecule has 7 N–H and O–H groups in total. The maximum atomic E-state index is 14.0. The second-order valence-electron chi connectivity index (χ2n) is 14.3. The minimum Gasteiger partial charge on any atom is -0.343 e. The van der Waals surface area contributed by atoms with Crippen LogP contribution >= 0.6 is 0 Å². The fourth-order valence-electron chi connectivity index (χ4n) is 6.86. The van der Waals surface area contributed by atoms with Gasteiger partial charge in [-0.3, -0.25) is 19.2 Å². The van der Waals surface area contributed by atoms with Crippen LogP contribution < -0.4 is 27.4 Å². The summed E-state index contributed by atoms with van der Waals surface area (Å²) in [6, 6.07) is 15.4. The Hall–Kier alpha value is -4.62. The van der Waals surface area contributed by atoms with Crippen molar-refractivity contribution >= 4 is 23.6 Å². The Balaban J connectivity index is 1.46. The third-order valence-electron chi connectivity index (χ3n) is 9.63. The molecule has 52 heavy (non-hydrogen) atoms. The first-order valence-electron chi connectivity index (χ1n) is 18.6. The van der Waals surface area contributed by atoms with Crippen LogP contribution in [-0.4, -0.2) is 87.1 Å². The molecule has 0 bridgehead atoms. The first kappa shape index (κ1) is 40.2. The molecule has 0 saturated carbocycles. The molecule has 13 heteroatoms. The van der Waals surface area contributed by atoms with E-state index in [1.54, 1.807) is 0 Å². The van der Waals surface area contributed by atoms with Gasteiger partial charge in [0.25, 0.3) is 0 Å². The fraction of sp³-hybridized carbons (Fsp3) is 0.538. The summed E-state index contributed by atoms with van der Waals surface area (Å²) >= 11 is 0. The number of piperidine rings is 1. The van der Waals surface area contributed by atoms with E-state index in [2.05, 4.69) is 30.7 Å². The van der Waals surface area contributed by atoms with Crippen LogP contribution in [0.1, 0.15) is 81.2 Å². The van der Waals surface area contributed by atoms with E-state index in [0.29, 0.717) is 51.7 Å². The number of aryl methyl sites for hydroxylation is 2. The number of rotatable bonds is 18. The number of hydrogen-bond donors (Lipinski definition) is 5. The van der Waals surface area contributed by atoms with Crippen molar-refractivity contribution in [1.82, 2.24) is 35.6 Å². The van der Waals surface area contributed by atoms with E-state index < -0.39 is 41.9 Å². The van der Waals surface area contributed by atoms with Crippen molar-refractivity contribution in [2.24, 2.45) is 17.4 Å². The lowest BCUT2D eigenvalue weighted by molar-refractivity contribution is -0.139. The Labute approximate surface area is 307 Å². The van der Waals surface area contributed by atoms with Gasteiger partial charge in [0.2, 0.25) is 23.6 Å². The van der Waals surface area contributed by atoms with E-state index in [1.807, 2.05) is 93.3 Å². The number of carbonyl (C=O) groups excluding carboxylic acids is 4. The molecule has 0 spiro atoms. The van der Waals surface area contributed by atoms with Crippen LogP contribution in [0, 0.1) is 19.8 Å². The van der Waals surface area contributed by atoms with Crippen LogP contribution in [0.15, 0.2) is 60.7 Å². The SMILES string of the molecule is Cc1nnc(C)n1C1CCN(C(=O)[C@@H](CCCCN)NC(=O)[C@@H](CC(C)C)NC(=O)[C@@H](Cc2ccccc2)NC(=O)[C@H](N)Cc2ccccc2)CC1. The highest BCUT2D eigenvalue weighted by Crippen LogP contribution is 2.25. The van der Waals surface area contributed by atoms with Gasteiger partial charge in [-0.05, 0) is 82.4 Å². The second-order valence-corrected chi connectivity index (χ2v) is 14.3. The molecule has 2 heterocycles.